The van der Waals surface area contributed by atoms with Gasteiger partial charge in [-0.15, -0.1) is 22.9 Å². The average molecular weight is 203 g/mol. The van der Waals surface area contributed by atoms with Crippen LogP contribution in [0.2, 0.25) is 0 Å². The minimum atomic E-state index is 0.691. The predicted molar refractivity (Wildman–Crippen MR) is 53.2 cm³/mol. The summed E-state index contributed by atoms with van der Waals surface area (Å²) in [7, 11) is 0. The summed E-state index contributed by atoms with van der Waals surface area (Å²) in [4.78, 5) is 6.60. The SMILES string of the molecule is ClCCN(c1nccs1)C1CC1. The number of alkyl halides is 1. The second kappa shape index (κ2) is 3.62. The van der Waals surface area contributed by atoms with E-state index < -0.39 is 0 Å². The van der Waals surface area contributed by atoms with E-state index in [1.165, 1.54) is 12.8 Å². The van der Waals surface area contributed by atoms with Crippen LogP contribution in [0.3, 0.4) is 0 Å². The number of hydrogen-bond donors (Lipinski definition) is 0. The van der Waals surface area contributed by atoms with Crippen molar-refractivity contribution in [1.82, 2.24) is 4.98 Å². The first-order valence-electron chi connectivity index (χ1n) is 4.14. The summed E-state index contributed by atoms with van der Waals surface area (Å²) in [5.74, 6) is 0.691. The Morgan fingerprint density at radius 3 is 3.00 bits per heavy atom. The number of halogens is 1. The zero-order chi connectivity index (χ0) is 8.39. The van der Waals surface area contributed by atoms with Gasteiger partial charge in [0.15, 0.2) is 5.13 Å². The molecule has 1 aromatic heterocycles. The molecule has 0 radical (unpaired) electrons. The van der Waals surface area contributed by atoms with Crippen molar-refractivity contribution in [2.75, 3.05) is 17.3 Å². The molecule has 0 N–H and O–H groups in total. The van der Waals surface area contributed by atoms with E-state index in [1.807, 2.05) is 11.6 Å². The van der Waals surface area contributed by atoms with Crippen LogP contribution in [0.5, 0.6) is 0 Å². The van der Waals surface area contributed by atoms with Crippen LogP contribution in [0.25, 0.3) is 0 Å². The summed E-state index contributed by atoms with van der Waals surface area (Å²) in [5.41, 5.74) is 0. The predicted octanol–water partition coefficient (Wildman–Crippen LogP) is 2.35. The first-order valence-corrected chi connectivity index (χ1v) is 5.55. The molecule has 66 valence electrons. The van der Waals surface area contributed by atoms with Crippen molar-refractivity contribution >= 4 is 28.1 Å². The number of hydrogen-bond acceptors (Lipinski definition) is 3. The van der Waals surface area contributed by atoms with E-state index in [4.69, 9.17) is 11.6 Å². The summed E-state index contributed by atoms with van der Waals surface area (Å²) in [6.45, 7) is 0.930. The molecule has 0 bridgehead atoms. The Morgan fingerprint density at radius 1 is 1.67 bits per heavy atom. The van der Waals surface area contributed by atoms with Crippen LogP contribution < -0.4 is 4.90 Å². The molecule has 1 aliphatic rings. The molecule has 1 aromatic rings. The number of anilines is 1. The number of rotatable bonds is 4. The van der Waals surface area contributed by atoms with Crippen molar-refractivity contribution in [3.63, 3.8) is 0 Å². The summed E-state index contributed by atoms with van der Waals surface area (Å²) in [6.07, 6.45) is 4.45. The van der Waals surface area contributed by atoms with E-state index in [1.54, 1.807) is 11.3 Å². The van der Waals surface area contributed by atoms with Crippen molar-refractivity contribution in [3.8, 4) is 0 Å². The molecule has 0 aromatic carbocycles. The standard InChI is InChI=1S/C8H11ClN2S/c9-3-5-11(7-1-2-7)8-10-4-6-12-8/h4,6-7H,1-3,5H2. The van der Waals surface area contributed by atoms with Gasteiger partial charge in [-0.25, -0.2) is 4.98 Å². The molecular weight excluding hydrogens is 192 g/mol. The van der Waals surface area contributed by atoms with Gasteiger partial charge in [0.25, 0.3) is 0 Å². The van der Waals surface area contributed by atoms with E-state index in [0.29, 0.717) is 5.88 Å². The molecule has 0 saturated heterocycles. The van der Waals surface area contributed by atoms with Crippen LogP contribution in [0.15, 0.2) is 11.6 Å². The highest BCUT2D eigenvalue weighted by atomic mass is 35.5. The molecule has 0 unspecified atom stereocenters. The third kappa shape index (κ3) is 1.72. The van der Waals surface area contributed by atoms with Crippen molar-refractivity contribution in [1.29, 1.82) is 0 Å². The molecule has 0 aliphatic heterocycles. The molecule has 1 fully saturated rings. The highest BCUT2D eigenvalue weighted by Gasteiger charge is 2.29. The van der Waals surface area contributed by atoms with Crippen LogP contribution in [0.1, 0.15) is 12.8 Å². The minimum Gasteiger partial charge on any atom is -0.344 e. The van der Waals surface area contributed by atoms with Gasteiger partial charge in [-0.1, -0.05) is 0 Å². The molecule has 4 heteroatoms. The molecule has 0 amide bonds. The Balaban J connectivity index is 2.05. The fourth-order valence-corrected chi connectivity index (χ4v) is 2.19. The Kier molecular flexibility index (Phi) is 2.51. The first-order chi connectivity index (χ1) is 5.92. The van der Waals surface area contributed by atoms with Gasteiger partial charge in [-0.3, -0.25) is 0 Å². The second-order valence-corrected chi connectivity index (χ2v) is 4.18. The van der Waals surface area contributed by atoms with Crippen LogP contribution in [-0.4, -0.2) is 23.5 Å². The Hall–Kier alpha value is -0.280. The maximum absolute atomic E-state index is 5.72. The summed E-state index contributed by atoms with van der Waals surface area (Å²) >= 11 is 7.42. The Labute approximate surface area is 81.2 Å². The maximum Gasteiger partial charge on any atom is 0.185 e. The normalized spacial score (nSPS) is 16.4. The quantitative estimate of drug-likeness (QED) is 0.697. The number of aromatic nitrogens is 1. The molecule has 1 aliphatic carbocycles. The van der Waals surface area contributed by atoms with Crippen LogP contribution in [-0.2, 0) is 0 Å². The molecule has 2 rings (SSSR count). The van der Waals surface area contributed by atoms with Crippen LogP contribution in [0, 0.1) is 0 Å². The molecule has 0 spiro atoms. The zero-order valence-corrected chi connectivity index (χ0v) is 8.31. The summed E-state index contributed by atoms with van der Waals surface area (Å²) in [6, 6.07) is 0.717. The third-order valence-electron chi connectivity index (χ3n) is 1.98. The van der Waals surface area contributed by atoms with Gasteiger partial charge in [0.1, 0.15) is 0 Å². The molecular formula is C8H11ClN2S. The monoisotopic (exact) mass is 202 g/mol. The lowest BCUT2D eigenvalue weighted by molar-refractivity contribution is 0.824. The van der Waals surface area contributed by atoms with E-state index >= 15 is 0 Å². The van der Waals surface area contributed by atoms with Gasteiger partial charge >= 0.3 is 0 Å². The van der Waals surface area contributed by atoms with Gasteiger partial charge in [0.2, 0.25) is 0 Å². The maximum atomic E-state index is 5.72. The van der Waals surface area contributed by atoms with E-state index in [9.17, 15) is 0 Å². The second-order valence-electron chi connectivity index (χ2n) is 2.93. The largest absolute Gasteiger partial charge is 0.344 e. The summed E-state index contributed by atoms with van der Waals surface area (Å²) in [5, 5.41) is 3.14. The van der Waals surface area contributed by atoms with Gasteiger partial charge in [0, 0.05) is 30.0 Å². The lowest BCUT2D eigenvalue weighted by Crippen LogP contribution is -2.27. The Morgan fingerprint density at radius 2 is 2.50 bits per heavy atom. The molecule has 2 nitrogen and oxygen atoms in total. The van der Waals surface area contributed by atoms with Crippen LogP contribution in [0.4, 0.5) is 5.13 Å². The number of nitrogens with zero attached hydrogens (tertiary/aromatic N) is 2. The first kappa shape index (κ1) is 8.32. The Bertz CT molecular complexity index is 233. The van der Waals surface area contributed by atoms with Crippen molar-refractivity contribution in [3.05, 3.63) is 11.6 Å². The highest BCUT2D eigenvalue weighted by molar-refractivity contribution is 7.13. The lowest BCUT2D eigenvalue weighted by atomic mass is 10.5. The summed E-state index contributed by atoms with van der Waals surface area (Å²) < 4.78 is 0. The zero-order valence-electron chi connectivity index (χ0n) is 6.74. The van der Waals surface area contributed by atoms with Crippen LogP contribution >= 0.6 is 22.9 Å². The van der Waals surface area contributed by atoms with Crippen molar-refractivity contribution in [2.45, 2.75) is 18.9 Å². The third-order valence-corrected chi connectivity index (χ3v) is 2.96. The average Bonchev–Trinajstić information content (AvgIpc) is 2.77. The van der Waals surface area contributed by atoms with E-state index in [0.717, 1.165) is 17.7 Å². The minimum absolute atomic E-state index is 0.691. The molecule has 1 saturated carbocycles. The fraction of sp³-hybridized carbons (Fsp3) is 0.625. The fourth-order valence-electron chi connectivity index (χ4n) is 1.27. The molecule has 1 heterocycles. The smallest absolute Gasteiger partial charge is 0.185 e. The van der Waals surface area contributed by atoms with Crippen molar-refractivity contribution in [2.24, 2.45) is 0 Å². The van der Waals surface area contributed by atoms with Gasteiger partial charge in [-0.05, 0) is 12.8 Å². The molecule has 12 heavy (non-hydrogen) atoms. The van der Waals surface area contributed by atoms with E-state index in [2.05, 4.69) is 9.88 Å². The van der Waals surface area contributed by atoms with Crippen molar-refractivity contribution < 1.29 is 0 Å². The van der Waals surface area contributed by atoms with Gasteiger partial charge in [0.05, 0.1) is 0 Å². The molecule has 0 atom stereocenters. The van der Waals surface area contributed by atoms with E-state index in [-0.39, 0.29) is 0 Å². The topological polar surface area (TPSA) is 16.1 Å². The van der Waals surface area contributed by atoms with Gasteiger partial charge in [-0.2, -0.15) is 0 Å². The van der Waals surface area contributed by atoms with Gasteiger partial charge < -0.3 is 4.90 Å². The lowest BCUT2D eigenvalue weighted by Gasteiger charge is -2.19. The highest BCUT2D eigenvalue weighted by Crippen LogP contribution is 2.32. The number of thiazole rings is 1.